The highest BCUT2D eigenvalue weighted by molar-refractivity contribution is 8.16. The lowest BCUT2D eigenvalue weighted by molar-refractivity contribution is -0.121. The minimum atomic E-state index is -0.00549. The third-order valence-corrected chi connectivity index (χ3v) is 3.70. The van der Waals surface area contributed by atoms with E-state index >= 15 is 0 Å². The fourth-order valence-electron chi connectivity index (χ4n) is 1.96. The van der Waals surface area contributed by atoms with Crippen LogP contribution in [0.25, 0.3) is 6.08 Å². The van der Waals surface area contributed by atoms with Crippen LogP contribution in [0.15, 0.2) is 46.4 Å². The van der Waals surface area contributed by atoms with E-state index in [1.54, 1.807) is 18.2 Å². The Labute approximate surface area is 115 Å². The second-order valence-corrected chi connectivity index (χ2v) is 5.00. The van der Waals surface area contributed by atoms with E-state index in [1.165, 1.54) is 11.8 Å². The number of ether oxygens (including phenoxy) is 1. The molecule has 0 bridgehead atoms. The Kier molecular flexibility index (Phi) is 3.13. The lowest BCUT2D eigenvalue weighted by Gasteiger charge is -2.20. The van der Waals surface area contributed by atoms with E-state index in [9.17, 15) is 4.79 Å². The van der Waals surface area contributed by atoms with E-state index in [2.05, 4.69) is 4.99 Å². The number of fused-ring (bicyclic) bond motifs is 1. The summed E-state index contributed by atoms with van der Waals surface area (Å²) in [4.78, 5) is 18.2. The molecule has 0 aromatic heterocycles. The van der Waals surface area contributed by atoms with Gasteiger partial charge < -0.3 is 4.74 Å². The zero-order valence-corrected chi connectivity index (χ0v) is 11.2. The summed E-state index contributed by atoms with van der Waals surface area (Å²) in [6, 6.07) is 7.62. The number of carbonyl (C=O) groups excluding carboxylic acids is 1. The number of amidine groups is 1. The van der Waals surface area contributed by atoms with Gasteiger partial charge in [-0.3, -0.25) is 14.7 Å². The van der Waals surface area contributed by atoms with Crippen LogP contribution in [0, 0.1) is 0 Å². The van der Waals surface area contributed by atoms with Gasteiger partial charge in [-0.25, -0.2) is 0 Å². The summed E-state index contributed by atoms with van der Waals surface area (Å²) in [6.07, 6.45) is 3.62. The van der Waals surface area contributed by atoms with Crippen molar-refractivity contribution in [3.8, 4) is 5.75 Å². The number of aliphatic imine (C=N–C) groups is 1. The molecule has 3 rings (SSSR count). The second kappa shape index (κ2) is 4.93. The van der Waals surface area contributed by atoms with Crippen molar-refractivity contribution in [2.75, 3.05) is 13.7 Å². The SMILES string of the molecule is COc1cccc(/C=C2\CN=C3SC=CN3C2=O)c1. The Bertz CT molecular complexity index is 620. The molecular weight excluding hydrogens is 260 g/mol. The van der Waals surface area contributed by atoms with Crippen LogP contribution in [0.5, 0.6) is 5.75 Å². The van der Waals surface area contributed by atoms with Crippen molar-refractivity contribution >= 4 is 28.9 Å². The summed E-state index contributed by atoms with van der Waals surface area (Å²) in [6.45, 7) is 0.427. The van der Waals surface area contributed by atoms with Gasteiger partial charge in [-0.05, 0) is 29.2 Å². The molecule has 5 heteroatoms. The molecule has 0 radical (unpaired) electrons. The van der Waals surface area contributed by atoms with Crippen LogP contribution in [0.4, 0.5) is 0 Å². The predicted octanol–water partition coefficient (Wildman–Crippen LogP) is 2.49. The molecule has 2 aliphatic heterocycles. The van der Waals surface area contributed by atoms with Gasteiger partial charge in [-0.2, -0.15) is 0 Å². The number of methoxy groups -OCH3 is 1. The van der Waals surface area contributed by atoms with E-state index in [0.29, 0.717) is 12.1 Å². The van der Waals surface area contributed by atoms with E-state index in [-0.39, 0.29) is 5.91 Å². The van der Waals surface area contributed by atoms with Gasteiger partial charge in [0.25, 0.3) is 5.91 Å². The maximum atomic E-state index is 12.2. The zero-order chi connectivity index (χ0) is 13.2. The van der Waals surface area contributed by atoms with E-state index in [0.717, 1.165) is 16.5 Å². The normalized spacial score (nSPS) is 19.6. The highest BCUT2D eigenvalue weighted by Gasteiger charge is 2.28. The molecule has 0 saturated carbocycles. The summed E-state index contributed by atoms with van der Waals surface area (Å²) in [5.74, 6) is 0.771. The second-order valence-electron chi connectivity index (χ2n) is 4.12. The third-order valence-electron chi connectivity index (χ3n) is 2.90. The lowest BCUT2D eigenvalue weighted by atomic mass is 10.1. The summed E-state index contributed by atoms with van der Waals surface area (Å²) >= 11 is 1.47. The molecule has 0 spiro atoms. The molecule has 0 saturated heterocycles. The minimum Gasteiger partial charge on any atom is -0.497 e. The molecule has 0 unspecified atom stereocenters. The van der Waals surface area contributed by atoms with Crippen molar-refractivity contribution in [2.45, 2.75) is 0 Å². The monoisotopic (exact) mass is 272 g/mol. The first-order chi connectivity index (χ1) is 9.28. The maximum Gasteiger partial charge on any atom is 0.261 e. The molecule has 0 atom stereocenters. The zero-order valence-electron chi connectivity index (χ0n) is 10.4. The summed E-state index contributed by atoms with van der Waals surface area (Å²) < 4.78 is 5.17. The Morgan fingerprint density at radius 1 is 1.47 bits per heavy atom. The first-order valence-corrected chi connectivity index (χ1v) is 6.72. The van der Waals surface area contributed by atoms with Crippen molar-refractivity contribution in [3.63, 3.8) is 0 Å². The molecule has 2 heterocycles. The molecule has 0 aliphatic carbocycles. The van der Waals surface area contributed by atoms with Gasteiger partial charge in [0.15, 0.2) is 5.17 Å². The molecule has 19 heavy (non-hydrogen) atoms. The Morgan fingerprint density at radius 3 is 3.21 bits per heavy atom. The molecule has 0 N–H and O–H groups in total. The standard InChI is InChI=1S/C14H12N2O2S/c1-18-12-4-2-3-10(8-12)7-11-9-15-14-16(13(11)17)5-6-19-14/h2-8H,9H2,1H3/b11-7+. The number of thioether (sulfide) groups is 1. The van der Waals surface area contributed by atoms with Crippen LogP contribution >= 0.6 is 11.8 Å². The fourth-order valence-corrected chi connectivity index (χ4v) is 2.66. The van der Waals surface area contributed by atoms with Crippen LogP contribution in [-0.4, -0.2) is 29.6 Å². The summed E-state index contributed by atoms with van der Waals surface area (Å²) in [7, 11) is 1.63. The first-order valence-electron chi connectivity index (χ1n) is 5.84. The molecule has 1 amide bonds. The van der Waals surface area contributed by atoms with Gasteiger partial charge in [0, 0.05) is 11.8 Å². The summed E-state index contributed by atoms with van der Waals surface area (Å²) in [5.41, 5.74) is 1.63. The maximum absolute atomic E-state index is 12.2. The topological polar surface area (TPSA) is 41.9 Å². The Balaban J connectivity index is 1.91. The van der Waals surface area contributed by atoms with Gasteiger partial charge in [0.05, 0.1) is 13.7 Å². The largest absolute Gasteiger partial charge is 0.497 e. The predicted molar refractivity (Wildman–Crippen MR) is 76.9 cm³/mol. The van der Waals surface area contributed by atoms with Gasteiger partial charge in [0.2, 0.25) is 0 Å². The van der Waals surface area contributed by atoms with Crippen LogP contribution in [0.2, 0.25) is 0 Å². The van der Waals surface area contributed by atoms with Crippen LogP contribution < -0.4 is 4.74 Å². The van der Waals surface area contributed by atoms with Crippen LogP contribution in [0.1, 0.15) is 5.56 Å². The number of nitrogens with zero attached hydrogens (tertiary/aromatic N) is 2. The van der Waals surface area contributed by atoms with Crippen molar-refractivity contribution in [2.24, 2.45) is 4.99 Å². The summed E-state index contributed by atoms with van der Waals surface area (Å²) in [5, 5.41) is 2.62. The average molecular weight is 272 g/mol. The third kappa shape index (κ3) is 2.29. The van der Waals surface area contributed by atoms with Crippen molar-refractivity contribution < 1.29 is 9.53 Å². The molecule has 1 aromatic rings. The lowest BCUT2D eigenvalue weighted by Crippen LogP contribution is -2.33. The van der Waals surface area contributed by atoms with Crippen LogP contribution in [0.3, 0.4) is 0 Å². The smallest absolute Gasteiger partial charge is 0.261 e. The van der Waals surface area contributed by atoms with E-state index in [1.807, 2.05) is 35.7 Å². The van der Waals surface area contributed by atoms with Crippen molar-refractivity contribution in [1.29, 1.82) is 0 Å². The highest BCUT2D eigenvalue weighted by atomic mass is 32.2. The Morgan fingerprint density at radius 2 is 2.37 bits per heavy atom. The quantitative estimate of drug-likeness (QED) is 0.777. The van der Waals surface area contributed by atoms with Gasteiger partial charge in [-0.1, -0.05) is 23.9 Å². The number of hydrogen-bond acceptors (Lipinski definition) is 4. The molecule has 2 aliphatic rings. The molecule has 1 aromatic carbocycles. The molecule has 4 nitrogen and oxygen atoms in total. The molecule has 0 fully saturated rings. The average Bonchev–Trinajstić information content (AvgIpc) is 2.91. The van der Waals surface area contributed by atoms with Crippen LogP contribution in [-0.2, 0) is 4.79 Å². The van der Waals surface area contributed by atoms with Gasteiger partial charge >= 0.3 is 0 Å². The molecule has 96 valence electrons. The highest BCUT2D eigenvalue weighted by Crippen LogP contribution is 2.26. The number of carbonyl (C=O) groups is 1. The van der Waals surface area contributed by atoms with Crippen molar-refractivity contribution in [3.05, 3.63) is 47.0 Å². The Hall–Kier alpha value is -2.01. The minimum absolute atomic E-state index is 0.00549. The number of amides is 1. The van der Waals surface area contributed by atoms with Gasteiger partial charge in [-0.15, -0.1) is 0 Å². The number of hydrogen-bond donors (Lipinski definition) is 0. The number of benzene rings is 1. The van der Waals surface area contributed by atoms with E-state index in [4.69, 9.17) is 4.74 Å². The first kappa shape index (κ1) is 12.0. The van der Waals surface area contributed by atoms with E-state index < -0.39 is 0 Å². The van der Waals surface area contributed by atoms with Gasteiger partial charge in [0.1, 0.15) is 5.75 Å². The fraction of sp³-hybridized carbons (Fsp3) is 0.143. The number of rotatable bonds is 2. The molecular formula is C14H12N2O2S. The van der Waals surface area contributed by atoms with Crippen molar-refractivity contribution in [1.82, 2.24) is 4.90 Å².